The molecular weight excluding hydrogens is 300 g/mol. The standard InChI is InChI=1S/C13H17ClN2O3S/c1-9-13(2,3)11-7-10(14)8-16(12(11)15-9)5-4-6-20(17,18)19/h7-8H,4-6H2,1-3H3/p+1. The Balaban J connectivity index is 2.32. The Hall–Kier alpha value is -0.980. The van der Waals surface area contributed by atoms with Crippen LogP contribution in [0.5, 0.6) is 0 Å². The van der Waals surface area contributed by atoms with E-state index in [0.29, 0.717) is 18.0 Å². The van der Waals surface area contributed by atoms with Crippen molar-refractivity contribution in [2.24, 2.45) is 4.99 Å². The van der Waals surface area contributed by atoms with Crippen LogP contribution in [0.25, 0.3) is 0 Å². The van der Waals surface area contributed by atoms with Gasteiger partial charge in [-0.05, 0) is 31.8 Å². The molecule has 0 fully saturated rings. The number of nitrogens with zero attached hydrogens (tertiary/aromatic N) is 2. The molecule has 1 aliphatic rings. The summed E-state index contributed by atoms with van der Waals surface area (Å²) in [5.41, 5.74) is 1.86. The molecule has 2 heterocycles. The first-order chi connectivity index (χ1) is 9.11. The molecule has 110 valence electrons. The monoisotopic (exact) mass is 317 g/mol. The predicted molar refractivity (Wildman–Crippen MR) is 78.5 cm³/mol. The lowest BCUT2D eigenvalue weighted by Crippen LogP contribution is -2.36. The minimum atomic E-state index is -3.93. The molecule has 5 nitrogen and oxygen atoms in total. The van der Waals surface area contributed by atoms with E-state index in [1.54, 1.807) is 6.20 Å². The summed E-state index contributed by atoms with van der Waals surface area (Å²) >= 11 is 6.13. The van der Waals surface area contributed by atoms with Crippen LogP contribution in [0.15, 0.2) is 17.3 Å². The van der Waals surface area contributed by atoms with Crippen LogP contribution in [0.2, 0.25) is 5.02 Å². The molecule has 0 bridgehead atoms. The number of pyridine rings is 1. The van der Waals surface area contributed by atoms with Gasteiger partial charge in [-0.3, -0.25) is 4.55 Å². The Kier molecular flexibility index (Phi) is 3.92. The molecule has 1 N–H and O–H groups in total. The smallest absolute Gasteiger partial charge is 0.286 e. The van der Waals surface area contributed by atoms with E-state index < -0.39 is 10.1 Å². The second-order valence-corrected chi connectivity index (χ2v) is 7.56. The summed E-state index contributed by atoms with van der Waals surface area (Å²) in [4.78, 5) is 4.57. The molecule has 0 aliphatic carbocycles. The Morgan fingerprint density at radius 3 is 2.70 bits per heavy atom. The Bertz CT molecular complexity index is 681. The van der Waals surface area contributed by atoms with Crippen LogP contribution >= 0.6 is 11.6 Å². The van der Waals surface area contributed by atoms with Crippen molar-refractivity contribution in [3.63, 3.8) is 0 Å². The summed E-state index contributed by atoms with van der Waals surface area (Å²) in [5.74, 6) is 0.542. The van der Waals surface area contributed by atoms with E-state index in [1.165, 1.54) is 0 Å². The van der Waals surface area contributed by atoms with Crippen LogP contribution < -0.4 is 4.57 Å². The summed E-state index contributed by atoms with van der Waals surface area (Å²) < 4.78 is 32.2. The van der Waals surface area contributed by atoms with Crippen molar-refractivity contribution >= 4 is 33.2 Å². The summed E-state index contributed by atoms with van der Waals surface area (Å²) in [5, 5.41) is 0.591. The molecule has 7 heteroatoms. The van der Waals surface area contributed by atoms with Gasteiger partial charge in [-0.1, -0.05) is 11.6 Å². The molecule has 0 atom stereocenters. The Morgan fingerprint density at radius 1 is 1.45 bits per heavy atom. The first-order valence-electron chi connectivity index (χ1n) is 6.35. The van der Waals surface area contributed by atoms with Crippen molar-refractivity contribution in [3.05, 3.63) is 22.8 Å². The average Bonchev–Trinajstić information content (AvgIpc) is 2.50. The molecule has 0 amide bonds. The maximum Gasteiger partial charge on any atom is 0.327 e. The van der Waals surface area contributed by atoms with E-state index in [4.69, 9.17) is 16.2 Å². The van der Waals surface area contributed by atoms with Crippen LogP contribution in [0.4, 0.5) is 5.82 Å². The zero-order valence-corrected chi connectivity index (χ0v) is 13.3. The molecule has 1 aromatic rings. The second kappa shape index (κ2) is 5.09. The van der Waals surface area contributed by atoms with Crippen LogP contribution in [0.3, 0.4) is 0 Å². The molecule has 0 saturated heterocycles. The lowest BCUT2D eigenvalue weighted by atomic mass is 9.83. The molecule has 1 aliphatic heterocycles. The topological polar surface area (TPSA) is 70.6 Å². The Morgan fingerprint density at radius 2 is 2.10 bits per heavy atom. The minimum Gasteiger partial charge on any atom is -0.286 e. The van der Waals surface area contributed by atoms with Crippen LogP contribution in [-0.4, -0.2) is 24.4 Å². The third kappa shape index (κ3) is 3.02. The molecule has 1 aromatic heterocycles. The highest BCUT2D eigenvalue weighted by Crippen LogP contribution is 2.38. The third-order valence-corrected chi connectivity index (χ3v) is 4.74. The quantitative estimate of drug-likeness (QED) is 0.684. The molecule has 0 unspecified atom stereocenters. The Labute approximate surface area is 124 Å². The molecular formula is C13H18ClN2O3S+. The predicted octanol–water partition coefficient (Wildman–Crippen LogP) is 2.29. The van der Waals surface area contributed by atoms with Crippen LogP contribution in [-0.2, 0) is 22.1 Å². The fourth-order valence-electron chi connectivity index (χ4n) is 2.27. The van der Waals surface area contributed by atoms with Crippen molar-refractivity contribution in [2.75, 3.05) is 5.75 Å². The van der Waals surface area contributed by atoms with Crippen molar-refractivity contribution in [1.82, 2.24) is 0 Å². The fraction of sp³-hybridized carbons (Fsp3) is 0.538. The lowest BCUT2D eigenvalue weighted by Gasteiger charge is -2.16. The fourth-order valence-corrected chi connectivity index (χ4v) is 2.99. The van der Waals surface area contributed by atoms with Gasteiger partial charge in [-0.15, -0.1) is 0 Å². The maximum absolute atomic E-state index is 10.8. The number of hydrogen-bond acceptors (Lipinski definition) is 3. The number of aryl methyl sites for hydroxylation is 1. The van der Waals surface area contributed by atoms with E-state index in [9.17, 15) is 8.42 Å². The van der Waals surface area contributed by atoms with Gasteiger partial charge in [0.05, 0.1) is 28.3 Å². The summed E-state index contributed by atoms with van der Waals surface area (Å²) in [6, 6.07) is 1.90. The lowest BCUT2D eigenvalue weighted by molar-refractivity contribution is -0.684. The van der Waals surface area contributed by atoms with E-state index in [0.717, 1.165) is 17.1 Å². The number of hydrogen-bond donors (Lipinski definition) is 1. The molecule has 20 heavy (non-hydrogen) atoms. The number of aliphatic imine (C=N–C) groups is 1. The maximum atomic E-state index is 10.8. The molecule has 2 rings (SSSR count). The minimum absolute atomic E-state index is 0.176. The van der Waals surface area contributed by atoms with Gasteiger partial charge in [0, 0.05) is 6.42 Å². The number of rotatable bonds is 4. The van der Waals surface area contributed by atoms with E-state index in [1.807, 2.05) is 17.6 Å². The zero-order valence-electron chi connectivity index (χ0n) is 11.7. The number of fused-ring (bicyclic) bond motifs is 1. The first kappa shape index (κ1) is 15.4. The van der Waals surface area contributed by atoms with Gasteiger partial charge in [0.2, 0.25) is 0 Å². The van der Waals surface area contributed by atoms with Gasteiger partial charge in [0.25, 0.3) is 10.1 Å². The number of halogens is 1. The van der Waals surface area contributed by atoms with Crippen LogP contribution in [0.1, 0.15) is 32.8 Å². The first-order valence-corrected chi connectivity index (χ1v) is 8.34. The van der Waals surface area contributed by atoms with E-state index in [-0.39, 0.29) is 11.2 Å². The largest absolute Gasteiger partial charge is 0.327 e. The van der Waals surface area contributed by atoms with E-state index >= 15 is 0 Å². The average molecular weight is 318 g/mol. The zero-order chi connectivity index (χ0) is 15.1. The molecule has 0 spiro atoms. The molecule has 0 aromatic carbocycles. The van der Waals surface area contributed by atoms with Crippen molar-refractivity contribution in [1.29, 1.82) is 0 Å². The van der Waals surface area contributed by atoms with Crippen LogP contribution in [0, 0.1) is 0 Å². The van der Waals surface area contributed by atoms with Gasteiger partial charge in [0.15, 0.2) is 0 Å². The molecule has 0 saturated carbocycles. The van der Waals surface area contributed by atoms with Gasteiger partial charge in [0.1, 0.15) is 11.9 Å². The summed E-state index contributed by atoms with van der Waals surface area (Å²) in [6.07, 6.45) is 2.05. The van der Waals surface area contributed by atoms with Gasteiger partial charge in [-0.2, -0.15) is 8.42 Å². The van der Waals surface area contributed by atoms with Gasteiger partial charge >= 0.3 is 5.82 Å². The highest BCUT2D eigenvalue weighted by molar-refractivity contribution is 7.85. The van der Waals surface area contributed by atoms with E-state index in [2.05, 4.69) is 18.8 Å². The molecule has 0 radical (unpaired) electrons. The number of aromatic nitrogens is 1. The van der Waals surface area contributed by atoms with Crippen molar-refractivity contribution in [2.45, 2.75) is 39.2 Å². The highest BCUT2D eigenvalue weighted by Gasteiger charge is 2.41. The van der Waals surface area contributed by atoms with Gasteiger partial charge < -0.3 is 0 Å². The third-order valence-electron chi connectivity index (χ3n) is 3.73. The normalized spacial score (nSPS) is 16.9. The summed E-state index contributed by atoms with van der Waals surface area (Å²) in [6.45, 7) is 6.57. The van der Waals surface area contributed by atoms with Crippen molar-refractivity contribution < 1.29 is 17.5 Å². The SMILES string of the molecule is CC1=Nc2c(cc(Cl)c[n+]2CCCS(=O)(=O)O)C1(C)C. The highest BCUT2D eigenvalue weighted by atomic mass is 35.5. The summed E-state index contributed by atoms with van der Waals surface area (Å²) in [7, 11) is -3.93. The van der Waals surface area contributed by atoms with Crippen molar-refractivity contribution in [3.8, 4) is 0 Å². The van der Waals surface area contributed by atoms with Gasteiger partial charge in [-0.25, -0.2) is 4.57 Å². The second-order valence-electron chi connectivity index (χ2n) is 5.55.